The number of phenolic OH excluding ortho intramolecular Hbond substituents is 1. The maximum absolute atomic E-state index is 13.2. The first-order valence-corrected chi connectivity index (χ1v) is 7.22. The van der Waals surface area contributed by atoms with Crippen molar-refractivity contribution in [3.63, 3.8) is 0 Å². The molecule has 1 saturated heterocycles. The van der Waals surface area contributed by atoms with Crippen LogP contribution >= 0.6 is 11.8 Å². The highest BCUT2D eigenvalue weighted by molar-refractivity contribution is 7.99. The van der Waals surface area contributed by atoms with Gasteiger partial charge < -0.3 is 10.2 Å². The molecule has 1 heterocycles. The zero-order valence-electron chi connectivity index (χ0n) is 10.4. The summed E-state index contributed by atoms with van der Waals surface area (Å²) in [4.78, 5) is 12.8. The molecule has 104 valence electrons. The van der Waals surface area contributed by atoms with Crippen LogP contribution in [0.15, 0.2) is 18.2 Å². The van der Waals surface area contributed by atoms with E-state index in [1.165, 1.54) is 18.2 Å². The second kappa shape index (κ2) is 6.25. The number of aromatic hydroxyl groups is 1. The normalized spacial score (nSPS) is 20.4. The van der Waals surface area contributed by atoms with E-state index in [-0.39, 0.29) is 18.2 Å². The zero-order chi connectivity index (χ0) is 13.8. The number of carboxylic acids is 1. The number of halogens is 1. The van der Waals surface area contributed by atoms with Gasteiger partial charge >= 0.3 is 5.97 Å². The summed E-state index contributed by atoms with van der Waals surface area (Å²) in [6, 6.07) is 3.77. The lowest BCUT2D eigenvalue weighted by Gasteiger charge is -2.34. The van der Waals surface area contributed by atoms with Crippen molar-refractivity contribution in [2.75, 3.05) is 18.1 Å². The summed E-state index contributed by atoms with van der Waals surface area (Å²) in [5.41, 5.74) is 0.502. The molecule has 1 aromatic rings. The van der Waals surface area contributed by atoms with Crippen molar-refractivity contribution in [1.29, 1.82) is 0 Å². The van der Waals surface area contributed by atoms with Crippen molar-refractivity contribution in [1.82, 2.24) is 4.90 Å². The molecule has 0 spiro atoms. The standard InChI is InChI=1S/C13H16FNO3S/c14-10-1-2-12(16)9(5-10)7-15-3-4-19-8-11(15)6-13(17)18/h1-2,5,11,16H,3-4,6-8H2,(H,17,18). The van der Waals surface area contributed by atoms with E-state index in [1.54, 1.807) is 11.8 Å². The molecule has 1 aliphatic heterocycles. The predicted molar refractivity (Wildman–Crippen MR) is 71.8 cm³/mol. The minimum absolute atomic E-state index is 0.0497. The van der Waals surface area contributed by atoms with Gasteiger partial charge in [0.05, 0.1) is 6.42 Å². The van der Waals surface area contributed by atoms with Crippen molar-refractivity contribution in [3.05, 3.63) is 29.6 Å². The third kappa shape index (κ3) is 3.84. The van der Waals surface area contributed by atoms with Gasteiger partial charge in [-0.05, 0) is 18.2 Å². The summed E-state index contributed by atoms with van der Waals surface area (Å²) < 4.78 is 13.2. The lowest BCUT2D eigenvalue weighted by atomic mass is 10.1. The Morgan fingerprint density at radius 1 is 1.53 bits per heavy atom. The molecule has 0 aromatic heterocycles. The van der Waals surface area contributed by atoms with Crippen molar-refractivity contribution < 1.29 is 19.4 Å². The van der Waals surface area contributed by atoms with Crippen LogP contribution in [0.4, 0.5) is 4.39 Å². The molecule has 19 heavy (non-hydrogen) atoms. The summed E-state index contributed by atoms with van der Waals surface area (Å²) in [6.45, 7) is 1.13. The SMILES string of the molecule is O=C(O)CC1CSCCN1Cc1cc(F)ccc1O. The van der Waals surface area contributed by atoms with Crippen molar-refractivity contribution in [2.24, 2.45) is 0 Å². The second-order valence-electron chi connectivity index (χ2n) is 4.57. The summed E-state index contributed by atoms with van der Waals surface area (Å²) in [6.07, 6.45) is 0.0725. The molecule has 1 aliphatic rings. The molecule has 4 nitrogen and oxygen atoms in total. The fraction of sp³-hybridized carbons (Fsp3) is 0.462. The number of phenols is 1. The van der Waals surface area contributed by atoms with Crippen LogP contribution in [0.25, 0.3) is 0 Å². The van der Waals surface area contributed by atoms with Crippen molar-refractivity contribution in [2.45, 2.75) is 19.0 Å². The van der Waals surface area contributed by atoms with Gasteiger partial charge in [-0.3, -0.25) is 9.69 Å². The molecule has 2 N–H and O–H groups in total. The average molecular weight is 285 g/mol. The topological polar surface area (TPSA) is 60.8 Å². The Bertz CT molecular complexity index is 469. The first kappa shape index (κ1) is 14.1. The molecule has 0 saturated carbocycles. The van der Waals surface area contributed by atoms with Gasteiger partial charge in [0.1, 0.15) is 11.6 Å². The molecular weight excluding hydrogens is 269 g/mol. The van der Waals surface area contributed by atoms with Gasteiger partial charge in [-0.2, -0.15) is 11.8 Å². The van der Waals surface area contributed by atoms with Gasteiger partial charge in [-0.1, -0.05) is 0 Å². The van der Waals surface area contributed by atoms with Crippen LogP contribution in [-0.4, -0.2) is 45.2 Å². The van der Waals surface area contributed by atoms with Crippen LogP contribution in [0, 0.1) is 5.82 Å². The Labute approximate surface area is 115 Å². The summed E-state index contributed by atoms with van der Waals surface area (Å²) >= 11 is 1.73. The van der Waals surface area contributed by atoms with Crippen LogP contribution < -0.4 is 0 Å². The summed E-state index contributed by atoms with van der Waals surface area (Å²) in [5.74, 6) is 0.498. The number of rotatable bonds is 4. The van der Waals surface area contributed by atoms with Gasteiger partial charge in [-0.15, -0.1) is 0 Å². The number of benzene rings is 1. The van der Waals surface area contributed by atoms with E-state index in [0.717, 1.165) is 18.1 Å². The van der Waals surface area contributed by atoms with Crippen LogP contribution in [0.3, 0.4) is 0 Å². The predicted octanol–water partition coefficient (Wildman–Crippen LogP) is 1.92. The van der Waals surface area contributed by atoms with Crippen LogP contribution in [0.2, 0.25) is 0 Å². The number of carboxylic acid groups (broad SMARTS) is 1. The van der Waals surface area contributed by atoms with Gasteiger partial charge in [0.15, 0.2) is 0 Å². The molecule has 1 fully saturated rings. The minimum Gasteiger partial charge on any atom is -0.508 e. The molecule has 1 unspecified atom stereocenters. The number of thioether (sulfide) groups is 1. The molecule has 1 atom stereocenters. The van der Waals surface area contributed by atoms with Crippen LogP contribution in [0.1, 0.15) is 12.0 Å². The highest BCUT2D eigenvalue weighted by Gasteiger charge is 2.25. The molecule has 1 aromatic carbocycles. The highest BCUT2D eigenvalue weighted by Crippen LogP contribution is 2.25. The minimum atomic E-state index is -0.832. The highest BCUT2D eigenvalue weighted by atomic mass is 32.2. The van der Waals surface area contributed by atoms with Gasteiger partial charge in [0.2, 0.25) is 0 Å². The first-order valence-electron chi connectivity index (χ1n) is 6.07. The molecular formula is C13H16FNO3S. The van der Waals surface area contributed by atoms with Crippen molar-refractivity contribution >= 4 is 17.7 Å². The maximum atomic E-state index is 13.2. The Kier molecular flexibility index (Phi) is 4.66. The Morgan fingerprint density at radius 2 is 2.32 bits per heavy atom. The Balaban J connectivity index is 2.10. The van der Waals surface area contributed by atoms with Gasteiger partial charge in [-0.25, -0.2) is 4.39 Å². The number of aliphatic carboxylic acids is 1. The quantitative estimate of drug-likeness (QED) is 0.885. The zero-order valence-corrected chi connectivity index (χ0v) is 11.2. The number of carbonyl (C=O) groups is 1. The first-order chi connectivity index (χ1) is 9.06. The van der Waals surface area contributed by atoms with Crippen molar-refractivity contribution in [3.8, 4) is 5.75 Å². The summed E-state index contributed by atoms with van der Waals surface area (Å²) in [5, 5.41) is 18.6. The Hall–Kier alpha value is -1.27. The monoisotopic (exact) mass is 285 g/mol. The lowest BCUT2D eigenvalue weighted by molar-refractivity contribution is -0.138. The summed E-state index contributed by atoms with van der Waals surface area (Å²) in [7, 11) is 0. The molecule has 0 aliphatic carbocycles. The number of hydrogen-bond donors (Lipinski definition) is 2. The molecule has 6 heteroatoms. The molecule has 2 rings (SSSR count). The van der Waals surface area contributed by atoms with E-state index < -0.39 is 11.8 Å². The van der Waals surface area contributed by atoms with Gasteiger partial charge in [0, 0.05) is 36.2 Å². The number of nitrogens with zero attached hydrogens (tertiary/aromatic N) is 1. The fourth-order valence-corrected chi connectivity index (χ4v) is 3.32. The molecule has 0 bridgehead atoms. The van der Waals surface area contributed by atoms with E-state index in [9.17, 15) is 14.3 Å². The second-order valence-corrected chi connectivity index (χ2v) is 5.72. The van der Waals surface area contributed by atoms with E-state index >= 15 is 0 Å². The fourth-order valence-electron chi connectivity index (χ4n) is 2.19. The third-order valence-corrected chi connectivity index (χ3v) is 4.27. The van der Waals surface area contributed by atoms with E-state index in [4.69, 9.17) is 5.11 Å². The maximum Gasteiger partial charge on any atom is 0.304 e. The van der Waals surface area contributed by atoms with Crippen LogP contribution in [0.5, 0.6) is 5.75 Å². The van der Waals surface area contributed by atoms with Gasteiger partial charge in [0.25, 0.3) is 0 Å². The smallest absolute Gasteiger partial charge is 0.304 e. The van der Waals surface area contributed by atoms with Crippen LogP contribution in [-0.2, 0) is 11.3 Å². The number of hydrogen-bond acceptors (Lipinski definition) is 4. The van der Waals surface area contributed by atoms with E-state index in [0.29, 0.717) is 12.1 Å². The van der Waals surface area contributed by atoms with E-state index in [2.05, 4.69) is 0 Å². The Morgan fingerprint density at radius 3 is 3.05 bits per heavy atom. The molecule has 0 amide bonds. The lowest BCUT2D eigenvalue weighted by Crippen LogP contribution is -2.42. The van der Waals surface area contributed by atoms with E-state index in [1.807, 2.05) is 4.90 Å². The average Bonchev–Trinajstić information content (AvgIpc) is 2.35. The third-order valence-electron chi connectivity index (χ3n) is 3.17. The largest absolute Gasteiger partial charge is 0.508 e. The molecule has 0 radical (unpaired) electrons.